The van der Waals surface area contributed by atoms with Gasteiger partial charge in [0.25, 0.3) is 5.91 Å². The van der Waals surface area contributed by atoms with Gasteiger partial charge >= 0.3 is 6.03 Å². The van der Waals surface area contributed by atoms with Crippen LogP contribution in [-0.2, 0) is 16.0 Å². The number of halogens is 1. The van der Waals surface area contributed by atoms with Crippen LogP contribution in [0.3, 0.4) is 0 Å². The van der Waals surface area contributed by atoms with E-state index in [0.717, 1.165) is 23.3 Å². The van der Waals surface area contributed by atoms with E-state index >= 15 is 0 Å². The smallest absolute Gasteiger partial charge is 0.325 e. The minimum Gasteiger partial charge on any atom is -0.497 e. The molecule has 3 aromatic rings. The molecule has 3 unspecified atom stereocenters. The topological polar surface area (TPSA) is 137 Å². The summed E-state index contributed by atoms with van der Waals surface area (Å²) in [6.07, 6.45) is 0.965. The Labute approximate surface area is 242 Å². The molecule has 1 saturated heterocycles. The maximum Gasteiger partial charge on any atom is 0.325 e. The van der Waals surface area contributed by atoms with Crippen molar-refractivity contribution in [1.29, 1.82) is 0 Å². The molecule has 220 valence electrons. The van der Waals surface area contributed by atoms with Crippen molar-refractivity contribution in [1.82, 2.24) is 10.2 Å². The van der Waals surface area contributed by atoms with Crippen LogP contribution in [0.5, 0.6) is 11.5 Å². The summed E-state index contributed by atoms with van der Waals surface area (Å²) >= 11 is 0. The number of methoxy groups -OCH3 is 1. The van der Waals surface area contributed by atoms with Gasteiger partial charge < -0.3 is 30.3 Å². The van der Waals surface area contributed by atoms with Crippen molar-refractivity contribution in [2.75, 3.05) is 25.6 Å². The van der Waals surface area contributed by atoms with E-state index in [1.165, 1.54) is 19.2 Å². The molecule has 2 fully saturated rings. The number of aliphatic hydroxyl groups excluding tert-OH is 2. The van der Waals surface area contributed by atoms with Crippen LogP contribution in [0.2, 0.25) is 0 Å². The van der Waals surface area contributed by atoms with Crippen molar-refractivity contribution in [3.05, 3.63) is 89.2 Å². The van der Waals surface area contributed by atoms with Gasteiger partial charge in [0.2, 0.25) is 5.91 Å². The van der Waals surface area contributed by atoms with Gasteiger partial charge in [0.15, 0.2) is 0 Å². The predicted octanol–water partition coefficient (Wildman–Crippen LogP) is 3.29. The molecule has 1 aliphatic carbocycles. The van der Waals surface area contributed by atoms with Crippen LogP contribution >= 0.6 is 0 Å². The minimum absolute atomic E-state index is 0.0105. The van der Waals surface area contributed by atoms with Crippen LogP contribution in [0, 0.1) is 5.82 Å². The number of carbonyl (C=O) groups is 3. The SMILES string of the molecule is COc1ccc(CC(C(=O)Nc2ccc(C3CC3)cc2F)N2C(=O)NC(c3ccc(OCC(O)CO)cc3)C2=O)cc1. The van der Waals surface area contributed by atoms with E-state index in [1.54, 1.807) is 54.6 Å². The summed E-state index contributed by atoms with van der Waals surface area (Å²) in [6, 6.07) is 14.8. The third-order valence-corrected chi connectivity index (χ3v) is 7.34. The molecule has 0 bridgehead atoms. The molecule has 11 heteroatoms. The van der Waals surface area contributed by atoms with Crippen molar-refractivity contribution < 1.29 is 38.5 Å². The van der Waals surface area contributed by atoms with E-state index < -0.39 is 48.5 Å². The molecule has 42 heavy (non-hydrogen) atoms. The average Bonchev–Trinajstić information content (AvgIpc) is 3.81. The summed E-state index contributed by atoms with van der Waals surface area (Å²) in [7, 11) is 1.53. The standard InChI is InChI=1S/C31H32FN3O7/c1-41-23-9-2-18(3-10-23)14-27(29(38)33-26-13-8-21(15-25(26)32)19-4-5-19)35-30(39)28(34-31(35)40)20-6-11-24(12-7-20)42-17-22(37)16-36/h2-3,6-13,15,19,22,27-28,36-37H,4-5,14,16-17H2,1H3,(H,33,38)(H,34,40). The summed E-state index contributed by atoms with van der Waals surface area (Å²) in [5.74, 6) is -0.596. The van der Waals surface area contributed by atoms with Gasteiger partial charge in [-0.1, -0.05) is 30.3 Å². The molecule has 0 aromatic heterocycles. The maximum atomic E-state index is 14.9. The summed E-state index contributed by atoms with van der Waals surface area (Å²) in [5, 5.41) is 23.6. The van der Waals surface area contributed by atoms with Crippen molar-refractivity contribution in [2.24, 2.45) is 0 Å². The molecule has 0 radical (unpaired) electrons. The first-order valence-electron chi connectivity index (χ1n) is 13.7. The summed E-state index contributed by atoms with van der Waals surface area (Å²) in [4.78, 5) is 41.3. The fourth-order valence-corrected chi connectivity index (χ4v) is 4.82. The van der Waals surface area contributed by atoms with Gasteiger partial charge in [-0.3, -0.25) is 9.59 Å². The lowest BCUT2D eigenvalue weighted by atomic mass is 10.0. The van der Waals surface area contributed by atoms with Crippen LogP contribution < -0.4 is 20.1 Å². The number of rotatable bonds is 12. The lowest BCUT2D eigenvalue weighted by Crippen LogP contribution is -2.49. The normalized spacial score (nSPS) is 17.9. The largest absolute Gasteiger partial charge is 0.497 e. The molecule has 1 heterocycles. The Hall–Kier alpha value is -4.48. The van der Waals surface area contributed by atoms with Crippen molar-refractivity contribution in [3.63, 3.8) is 0 Å². The molecule has 0 spiro atoms. The predicted molar refractivity (Wildman–Crippen MR) is 151 cm³/mol. The van der Waals surface area contributed by atoms with Gasteiger partial charge in [-0.15, -0.1) is 0 Å². The van der Waals surface area contributed by atoms with Crippen LogP contribution in [0.15, 0.2) is 66.7 Å². The third-order valence-electron chi connectivity index (χ3n) is 7.34. The lowest BCUT2D eigenvalue weighted by Gasteiger charge is -2.25. The number of hydrogen-bond acceptors (Lipinski definition) is 7. The lowest BCUT2D eigenvalue weighted by molar-refractivity contribution is -0.134. The zero-order valence-corrected chi connectivity index (χ0v) is 23.0. The Morgan fingerprint density at radius 3 is 2.33 bits per heavy atom. The van der Waals surface area contributed by atoms with Gasteiger partial charge in [0.1, 0.15) is 42.1 Å². The Kier molecular flexibility index (Phi) is 8.69. The van der Waals surface area contributed by atoms with Crippen LogP contribution in [0.1, 0.15) is 41.5 Å². The number of nitrogens with one attached hydrogen (secondary N) is 2. The number of amides is 4. The quantitative estimate of drug-likeness (QED) is 0.243. The van der Waals surface area contributed by atoms with Gasteiger partial charge in [-0.05, 0) is 71.8 Å². The van der Waals surface area contributed by atoms with Crippen LogP contribution in [0.25, 0.3) is 0 Å². The zero-order valence-electron chi connectivity index (χ0n) is 23.0. The number of hydrogen-bond donors (Lipinski definition) is 4. The number of anilines is 1. The van der Waals surface area contributed by atoms with E-state index in [0.29, 0.717) is 28.5 Å². The molecular weight excluding hydrogens is 545 g/mol. The molecule has 10 nitrogen and oxygen atoms in total. The van der Waals surface area contributed by atoms with Crippen molar-refractivity contribution >= 4 is 23.5 Å². The number of carbonyl (C=O) groups excluding carboxylic acids is 3. The van der Waals surface area contributed by atoms with E-state index in [9.17, 15) is 23.9 Å². The highest BCUT2D eigenvalue weighted by molar-refractivity contribution is 6.09. The second-order valence-corrected chi connectivity index (χ2v) is 10.4. The average molecular weight is 578 g/mol. The Morgan fingerprint density at radius 1 is 1.05 bits per heavy atom. The number of benzene rings is 3. The number of imide groups is 1. The molecule has 1 aliphatic heterocycles. The molecular formula is C31H32FN3O7. The number of urea groups is 1. The second-order valence-electron chi connectivity index (χ2n) is 10.4. The van der Waals surface area contributed by atoms with E-state index in [2.05, 4.69) is 10.6 Å². The van der Waals surface area contributed by atoms with E-state index in [4.69, 9.17) is 14.6 Å². The minimum atomic E-state index is -1.28. The maximum absolute atomic E-state index is 14.9. The highest BCUT2D eigenvalue weighted by atomic mass is 19.1. The first-order chi connectivity index (χ1) is 20.3. The highest BCUT2D eigenvalue weighted by Crippen LogP contribution is 2.40. The number of nitrogens with zero attached hydrogens (tertiary/aromatic N) is 1. The van der Waals surface area contributed by atoms with Crippen molar-refractivity contribution in [3.8, 4) is 11.5 Å². The zero-order chi connectivity index (χ0) is 29.8. The number of aliphatic hydroxyl groups is 2. The summed E-state index contributed by atoms with van der Waals surface area (Å²) < 4.78 is 25.5. The molecule has 3 atom stereocenters. The highest BCUT2D eigenvalue weighted by Gasteiger charge is 2.45. The Bertz CT molecular complexity index is 1440. The summed E-state index contributed by atoms with van der Waals surface area (Å²) in [6.45, 7) is -0.561. The molecule has 4 amide bonds. The first-order valence-corrected chi connectivity index (χ1v) is 13.7. The van der Waals surface area contributed by atoms with Gasteiger partial charge in [-0.25, -0.2) is 14.1 Å². The van der Waals surface area contributed by atoms with Gasteiger partial charge in [-0.2, -0.15) is 0 Å². The molecule has 1 saturated carbocycles. The Morgan fingerprint density at radius 2 is 1.71 bits per heavy atom. The van der Waals surface area contributed by atoms with Gasteiger partial charge in [0.05, 0.1) is 19.4 Å². The van der Waals surface area contributed by atoms with E-state index in [-0.39, 0.29) is 18.7 Å². The van der Waals surface area contributed by atoms with Gasteiger partial charge in [0, 0.05) is 6.42 Å². The molecule has 5 rings (SSSR count). The Balaban J connectivity index is 1.37. The number of ether oxygens (including phenoxy) is 2. The fraction of sp³-hybridized carbons (Fsp3) is 0.323. The molecule has 3 aromatic carbocycles. The fourth-order valence-electron chi connectivity index (χ4n) is 4.82. The molecule has 2 aliphatic rings. The third kappa shape index (κ3) is 6.53. The van der Waals surface area contributed by atoms with Crippen LogP contribution in [0.4, 0.5) is 14.9 Å². The van der Waals surface area contributed by atoms with Crippen molar-refractivity contribution in [2.45, 2.75) is 43.4 Å². The molecule has 4 N–H and O–H groups in total. The monoisotopic (exact) mass is 577 g/mol. The summed E-state index contributed by atoms with van der Waals surface area (Å²) in [5.41, 5.74) is 1.96. The first kappa shape index (κ1) is 29.0. The van der Waals surface area contributed by atoms with E-state index in [1.807, 2.05) is 0 Å². The second kappa shape index (κ2) is 12.6. The van der Waals surface area contributed by atoms with Crippen LogP contribution in [-0.4, -0.2) is 65.4 Å².